The molecule has 0 bridgehead atoms. The van der Waals surface area contributed by atoms with Gasteiger partial charge in [-0.1, -0.05) is 0 Å². The number of hydrogen-bond acceptors (Lipinski definition) is 7. The fourth-order valence-electron chi connectivity index (χ4n) is 3.05. The summed E-state index contributed by atoms with van der Waals surface area (Å²) in [6, 6.07) is 0.289. The summed E-state index contributed by atoms with van der Waals surface area (Å²) in [4.78, 5) is 22.3. The van der Waals surface area contributed by atoms with E-state index in [2.05, 4.69) is 15.3 Å². The van der Waals surface area contributed by atoms with Crippen LogP contribution in [0.1, 0.15) is 46.7 Å². The molecule has 7 heteroatoms. The van der Waals surface area contributed by atoms with E-state index in [1.807, 2.05) is 13.8 Å². The van der Waals surface area contributed by atoms with Crippen molar-refractivity contribution >= 4 is 33.3 Å². The summed E-state index contributed by atoms with van der Waals surface area (Å²) < 4.78 is 4.85. The van der Waals surface area contributed by atoms with Crippen LogP contribution in [-0.2, 0) is 4.74 Å². The van der Waals surface area contributed by atoms with Crippen LogP contribution < -0.4 is 5.32 Å². The molecule has 23 heavy (non-hydrogen) atoms. The van der Waals surface area contributed by atoms with Gasteiger partial charge in [-0.15, -0.1) is 11.3 Å². The number of carbonyl (C=O) groups is 1. The monoisotopic (exact) mass is 335 g/mol. The van der Waals surface area contributed by atoms with Crippen LogP contribution in [0.15, 0.2) is 0 Å². The van der Waals surface area contributed by atoms with Crippen molar-refractivity contribution in [2.24, 2.45) is 0 Å². The number of aryl methyl sites for hydroxylation is 2. The highest BCUT2D eigenvalue weighted by Crippen LogP contribution is 2.35. The lowest BCUT2D eigenvalue weighted by atomic mass is 9.93. The number of hydrogen-bond donors (Lipinski definition) is 2. The molecule has 2 aromatic heterocycles. The van der Waals surface area contributed by atoms with E-state index in [0.29, 0.717) is 10.7 Å². The Morgan fingerprint density at radius 2 is 1.96 bits per heavy atom. The Morgan fingerprint density at radius 3 is 2.61 bits per heavy atom. The Labute approximate surface area is 138 Å². The molecule has 0 amide bonds. The van der Waals surface area contributed by atoms with E-state index >= 15 is 0 Å². The van der Waals surface area contributed by atoms with Crippen LogP contribution in [0.25, 0.3) is 10.2 Å². The molecule has 0 saturated heterocycles. The highest BCUT2D eigenvalue weighted by molar-refractivity contribution is 7.20. The van der Waals surface area contributed by atoms with Gasteiger partial charge in [-0.25, -0.2) is 14.8 Å². The maximum Gasteiger partial charge on any atom is 0.348 e. The number of methoxy groups -OCH3 is 1. The van der Waals surface area contributed by atoms with Crippen molar-refractivity contribution < 1.29 is 14.6 Å². The smallest absolute Gasteiger partial charge is 0.348 e. The van der Waals surface area contributed by atoms with Crippen LogP contribution in [-0.4, -0.2) is 40.3 Å². The Kier molecular flexibility index (Phi) is 4.50. The molecular formula is C16H21N3O3S. The van der Waals surface area contributed by atoms with E-state index < -0.39 is 0 Å². The zero-order chi connectivity index (χ0) is 16.6. The summed E-state index contributed by atoms with van der Waals surface area (Å²) in [5.41, 5.74) is 0.857. The molecule has 2 N–H and O–H groups in total. The quantitative estimate of drug-likeness (QED) is 0.839. The zero-order valence-corrected chi connectivity index (χ0v) is 14.4. The van der Waals surface area contributed by atoms with Crippen LogP contribution in [0.3, 0.4) is 0 Å². The fourth-order valence-corrected chi connectivity index (χ4v) is 4.20. The number of aliphatic hydroxyl groups is 1. The van der Waals surface area contributed by atoms with E-state index in [9.17, 15) is 9.90 Å². The first-order valence-electron chi connectivity index (χ1n) is 7.80. The summed E-state index contributed by atoms with van der Waals surface area (Å²) in [5, 5.41) is 14.0. The van der Waals surface area contributed by atoms with Gasteiger partial charge >= 0.3 is 5.97 Å². The van der Waals surface area contributed by atoms with E-state index in [1.165, 1.54) is 18.4 Å². The number of aliphatic hydroxyl groups excluding tert-OH is 1. The standard InChI is InChI=1S/C16H21N3O3S/c1-8-12-14(19-10-4-6-11(20)7-5-10)17-9(2)18-15(12)23-13(8)16(21)22-3/h10-11,20H,4-7H2,1-3H3,(H,17,18,19). The molecule has 1 saturated carbocycles. The number of carbonyl (C=O) groups excluding carboxylic acids is 1. The minimum Gasteiger partial charge on any atom is -0.465 e. The number of fused-ring (bicyclic) bond motifs is 1. The van der Waals surface area contributed by atoms with Gasteiger partial charge in [0.05, 0.1) is 18.6 Å². The Hall–Kier alpha value is -1.73. The Bertz CT molecular complexity index is 736. The maximum absolute atomic E-state index is 11.9. The summed E-state index contributed by atoms with van der Waals surface area (Å²) >= 11 is 1.34. The molecule has 124 valence electrons. The molecule has 3 rings (SSSR count). The van der Waals surface area contributed by atoms with Crippen molar-refractivity contribution in [1.29, 1.82) is 0 Å². The molecule has 0 radical (unpaired) electrons. The van der Waals surface area contributed by atoms with Gasteiger partial charge in [0.2, 0.25) is 0 Å². The minimum atomic E-state index is -0.338. The molecule has 2 heterocycles. The van der Waals surface area contributed by atoms with Gasteiger partial charge in [0.25, 0.3) is 0 Å². The number of nitrogens with one attached hydrogen (secondary N) is 1. The average molecular weight is 335 g/mol. The maximum atomic E-state index is 11.9. The highest BCUT2D eigenvalue weighted by atomic mass is 32.1. The van der Waals surface area contributed by atoms with Crippen molar-refractivity contribution in [3.8, 4) is 0 Å². The minimum absolute atomic E-state index is 0.186. The second kappa shape index (κ2) is 6.41. The lowest BCUT2D eigenvalue weighted by molar-refractivity contribution is 0.0605. The molecule has 1 aliphatic rings. The number of rotatable bonds is 3. The summed E-state index contributed by atoms with van der Waals surface area (Å²) in [5.74, 6) is 1.11. The third-order valence-electron chi connectivity index (χ3n) is 4.31. The molecule has 1 fully saturated rings. The lowest BCUT2D eigenvalue weighted by Gasteiger charge is -2.27. The third-order valence-corrected chi connectivity index (χ3v) is 5.48. The summed E-state index contributed by atoms with van der Waals surface area (Å²) in [7, 11) is 1.38. The van der Waals surface area contributed by atoms with Crippen LogP contribution in [0.2, 0.25) is 0 Å². The number of nitrogens with zero attached hydrogens (tertiary/aromatic N) is 2. The summed E-state index contributed by atoms with van der Waals surface area (Å²) in [6.07, 6.45) is 3.26. The van der Waals surface area contributed by atoms with Crippen LogP contribution in [0, 0.1) is 13.8 Å². The molecule has 0 aromatic carbocycles. The van der Waals surface area contributed by atoms with Gasteiger partial charge in [-0.2, -0.15) is 0 Å². The SMILES string of the molecule is COC(=O)c1sc2nc(C)nc(NC3CCC(O)CC3)c2c1C. The second-order valence-electron chi connectivity index (χ2n) is 6.00. The number of anilines is 1. The molecule has 6 nitrogen and oxygen atoms in total. The van der Waals surface area contributed by atoms with Gasteiger partial charge in [-0.3, -0.25) is 0 Å². The number of aromatic nitrogens is 2. The molecule has 0 aliphatic heterocycles. The zero-order valence-electron chi connectivity index (χ0n) is 13.5. The van der Waals surface area contributed by atoms with Crippen molar-refractivity contribution in [3.63, 3.8) is 0 Å². The normalized spacial score (nSPS) is 21.4. The molecule has 0 atom stereocenters. The number of esters is 1. The van der Waals surface area contributed by atoms with E-state index in [0.717, 1.165) is 47.3 Å². The fraction of sp³-hybridized carbons (Fsp3) is 0.562. The Balaban J connectivity index is 1.98. The highest BCUT2D eigenvalue weighted by Gasteiger charge is 2.24. The topological polar surface area (TPSA) is 84.3 Å². The van der Waals surface area contributed by atoms with Crippen molar-refractivity contribution in [1.82, 2.24) is 9.97 Å². The van der Waals surface area contributed by atoms with Gasteiger partial charge in [-0.05, 0) is 45.1 Å². The van der Waals surface area contributed by atoms with Gasteiger partial charge < -0.3 is 15.2 Å². The molecule has 2 aromatic rings. The van der Waals surface area contributed by atoms with Crippen molar-refractivity contribution in [2.45, 2.75) is 51.7 Å². The van der Waals surface area contributed by atoms with Gasteiger partial charge in [0.1, 0.15) is 21.3 Å². The molecule has 1 aliphatic carbocycles. The first kappa shape index (κ1) is 16.1. The predicted molar refractivity (Wildman–Crippen MR) is 90.1 cm³/mol. The lowest BCUT2D eigenvalue weighted by Crippen LogP contribution is -2.28. The third kappa shape index (κ3) is 3.16. The van der Waals surface area contributed by atoms with Crippen molar-refractivity contribution in [2.75, 3.05) is 12.4 Å². The van der Waals surface area contributed by atoms with Gasteiger partial charge in [0, 0.05) is 6.04 Å². The van der Waals surface area contributed by atoms with Crippen LogP contribution in [0.5, 0.6) is 0 Å². The van der Waals surface area contributed by atoms with Crippen LogP contribution >= 0.6 is 11.3 Å². The molecular weight excluding hydrogens is 314 g/mol. The van der Waals surface area contributed by atoms with E-state index in [-0.39, 0.29) is 18.1 Å². The number of ether oxygens (including phenoxy) is 1. The average Bonchev–Trinajstić information content (AvgIpc) is 2.85. The van der Waals surface area contributed by atoms with Crippen molar-refractivity contribution in [3.05, 3.63) is 16.3 Å². The second-order valence-corrected chi connectivity index (χ2v) is 7.00. The van der Waals surface area contributed by atoms with E-state index in [4.69, 9.17) is 4.74 Å². The van der Waals surface area contributed by atoms with Crippen LogP contribution in [0.4, 0.5) is 5.82 Å². The van der Waals surface area contributed by atoms with Gasteiger partial charge in [0.15, 0.2) is 0 Å². The Morgan fingerprint density at radius 1 is 1.26 bits per heavy atom. The molecule has 0 spiro atoms. The largest absolute Gasteiger partial charge is 0.465 e. The predicted octanol–water partition coefficient (Wildman–Crippen LogP) is 2.81. The first-order chi connectivity index (χ1) is 11.0. The summed E-state index contributed by atoms with van der Waals surface area (Å²) in [6.45, 7) is 3.75. The molecule has 0 unspecified atom stereocenters. The number of thiophene rings is 1. The first-order valence-corrected chi connectivity index (χ1v) is 8.62. The van der Waals surface area contributed by atoms with E-state index in [1.54, 1.807) is 0 Å².